The molecule has 17 heavy (non-hydrogen) atoms. The maximum Gasteiger partial charge on any atom is 0.0208 e. The molecule has 1 nitrogen and oxygen atoms in total. The van der Waals surface area contributed by atoms with Crippen molar-refractivity contribution < 1.29 is 0 Å². The Morgan fingerprint density at radius 3 is 2.59 bits per heavy atom. The van der Waals surface area contributed by atoms with Gasteiger partial charge in [-0.05, 0) is 43.4 Å². The number of benzene rings is 1. The quantitative estimate of drug-likeness (QED) is 0.804. The van der Waals surface area contributed by atoms with E-state index in [0.29, 0.717) is 6.04 Å². The summed E-state index contributed by atoms with van der Waals surface area (Å²) >= 11 is 3.53. The van der Waals surface area contributed by atoms with E-state index >= 15 is 0 Å². The van der Waals surface area contributed by atoms with Crippen molar-refractivity contribution in [3.63, 3.8) is 0 Å². The van der Waals surface area contributed by atoms with Gasteiger partial charge in [-0.15, -0.1) is 0 Å². The van der Waals surface area contributed by atoms with Crippen molar-refractivity contribution in [1.82, 2.24) is 5.32 Å². The van der Waals surface area contributed by atoms with Crippen molar-refractivity contribution in [2.45, 2.75) is 53.1 Å². The number of halogens is 1. The molecule has 0 heterocycles. The zero-order valence-electron chi connectivity index (χ0n) is 11.4. The van der Waals surface area contributed by atoms with Crippen LogP contribution in [-0.2, 0) is 6.54 Å². The van der Waals surface area contributed by atoms with E-state index < -0.39 is 0 Å². The van der Waals surface area contributed by atoms with Gasteiger partial charge in [-0.3, -0.25) is 0 Å². The monoisotopic (exact) mass is 297 g/mol. The largest absolute Gasteiger partial charge is 0.310 e. The van der Waals surface area contributed by atoms with Crippen molar-refractivity contribution in [2.24, 2.45) is 5.92 Å². The van der Waals surface area contributed by atoms with Gasteiger partial charge >= 0.3 is 0 Å². The highest BCUT2D eigenvalue weighted by molar-refractivity contribution is 9.10. The minimum absolute atomic E-state index is 0.592. The summed E-state index contributed by atoms with van der Waals surface area (Å²) in [6, 6.07) is 7.15. The summed E-state index contributed by atoms with van der Waals surface area (Å²) in [4.78, 5) is 0. The Kier molecular flexibility index (Phi) is 6.21. The van der Waals surface area contributed by atoms with Gasteiger partial charge in [0.15, 0.2) is 0 Å². The second kappa shape index (κ2) is 7.17. The second-order valence-corrected chi connectivity index (χ2v) is 5.97. The highest BCUT2D eigenvalue weighted by atomic mass is 79.9. The molecule has 0 aliphatic rings. The molecular formula is C15H24BrN. The van der Waals surface area contributed by atoms with Gasteiger partial charge in [0.25, 0.3) is 0 Å². The molecule has 0 radical (unpaired) electrons. The van der Waals surface area contributed by atoms with Crippen LogP contribution >= 0.6 is 15.9 Å². The van der Waals surface area contributed by atoms with Gasteiger partial charge in [-0.25, -0.2) is 0 Å². The summed E-state index contributed by atoms with van der Waals surface area (Å²) in [7, 11) is 0. The van der Waals surface area contributed by atoms with E-state index in [2.05, 4.69) is 67.1 Å². The Hall–Kier alpha value is -0.340. The summed E-state index contributed by atoms with van der Waals surface area (Å²) in [6.07, 6.45) is 2.52. The van der Waals surface area contributed by atoms with Crippen LogP contribution in [0.5, 0.6) is 0 Å². The van der Waals surface area contributed by atoms with Crippen molar-refractivity contribution in [1.29, 1.82) is 0 Å². The van der Waals surface area contributed by atoms with E-state index in [1.807, 2.05) is 0 Å². The van der Waals surface area contributed by atoms with E-state index in [0.717, 1.165) is 12.5 Å². The summed E-state index contributed by atoms with van der Waals surface area (Å²) in [5, 5.41) is 3.60. The molecule has 0 aromatic heterocycles. The van der Waals surface area contributed by atoms with Gasteiger partial charge in [0.05, 0.1) is 0 Å². The van der Waals surface area contributed by atoms with E-state index in [9.17, 15) is 0 Å². The van der Waals surface area contributed by atoms with Gasteiger partial charge in [0, 0.05) is 17.1 Å². The lowest BCUT2D eigenvalue weighted by Gasteiger charge is -2.17. The first-order chi connectivity index (χ1) is 8.02. The Morgan fingerprint density at radius 2 is 2.00 bits per heavy atom. The predicted octanol–water partition coefficient (Wildman–Crippen LogP) is 4.67. The normalized spacial score (nSPS) is 14.6. The van der Waals surface area contributed by atoms with Gasteiger partial charge in [-0.2, -0.15) is 0 Å². The molecule has 96 valence electrons. The third-order valence-electron chi connectivity index (χ3n) is 3.33. The van der Waals surface area contributed by atoms with Crippen molar-refractivity contribution in [2.75, 3.05) is 0 Å². The third kappa shape index (κ3) is 5.22. The Bertz CT molecular complexity index is 349. The van der Waals surface area contributed by atoms with Crippen LogP contribution < -0.4 is 5.32 Å². The lowest BCUT2D eigenvalue weighted by atomic mass is 10.0. The average Bonchev–Trinajstić information content (AvgIpc) is 2.30. The lowest BCUT2D eigenvalue weighted by molar-refractivity contribution is 0.412. The van der Waals surface area contributed by atoms with Crippen LogP contribution in [0.25, 0.3) is 0 Å². The fourth-order valence-electron chi connectivity index (χ4n) is 1.96. The Morgan fingerprint density at radius 1 is 1.29 bits per heavy atom. The van der Waals surface area contributed by atoms with E-state index in [1.54, 1.807) is 0 Å². The second-order valence-electron chi connectivity index (χ2n) is 5.11. The highest BCUT2D eigenvalue weighted by Crippen LogP contribution is 2.17. The summed E-state index contributed by atoms with van der Waals surface area (Å²) in [5.74, 6) is 0.809. The lowest BCUT2D eigenvalue weighted by Crippen LogP contribution is -2.27. The summed E-state index contributed by atoms with van der Waals surface area (Å²) in [6.45, 7) is 9.96. The highest BCUT2D eigenvalue weighted by Gasteiger charge is 2.06. The number of rotatable bonds is 6. The van der Waals surface area contributed by atoms with Gasteiger partial charge in [-0.1, -0.05) is 48.3 Å². The van der Waals surface area contributed by atoms with Crippen LogP contribution in [0.2, 0.25) is 0 Å². The van der Waals surface area contributed by atoms with Crippen molar-refractivity contribution in [3.8, 4) is 0 Å². The molecule has 0 aliphatic heterocycles. The third-order valence-corrected chi connectivity index (χ3v) is 4.22. The first-order valence-electron chi connectivity index (χ1n) is 6.51. The smallest absolute Gasteiger partial charge is 0.0208 e. The topological polar surface area (TPSA) is 12.0 Å². The fourth-order valence-corrected chi connectivity index (χ4v) is 2.21. The number of aryl methyl sites for hydroxylation is 1. The van der Waals surface area contributed by atoms with Crippen LogP contribution in [0.4, 0.5) is 0 Å². The zero-order valence-corrected chi connectivity index (χ0v) is 13.0. The van der Waals surface area contributed by atoms with Crippen LogP contribution in [0, 0.1) is 12.8 Å². The van der Waals surface area contributed by atoms with E-state index in [1.165, 1.54) is 28.4 Å². The number of hydrogen-bond donors (Lipinski definition) is 1. The number of nitrogens with one attached hydrogen (secondary N) is 1. The van der Waals surface area contributed by atoms with Crippen LogP contribution in [-0.4, -0.2) is 6.04 Å². The molecule has 1 aromatic carbocycles. The SMILES string of the molecule is CCC(C)CC(C)NCc1ccc(Br)c(C)c1. The molecule has 0 aliphatic carbocycles. The molecule has 2 heteroatoms. The molecule has 2 unspecified atom stereocenters. The minimum atomic E-state index is 0.592. The molecule has 1 rings (SSSR count). The molecule has 0 bridgehead atoms. The molecule has 0 spiro atoms. The summed E-state index contributed by atoms with van der Waals surface area (Å²) in [5.41, 5.74) is 2.67. The van der Waals surface area contributed by atoms with Gasteiger partial charge < -0.3 is 5.32 Å². The van der Waals surface area contributed by atoms with E-state index in [4.69, 9.17) is 0 Å². The van der Waals surface area contributed by atoms with Gasteiger partial charge in [0.2, 0.25) is 0 Å². The number of hydrogen-bond acceptors (Lipinski definition) is 1. The first-order valence-corrected chi connectivity index (χ1v) is 7.30. The van der Waals surface area contributed by atoms with Crippen molar-refractivity contribution in [3.05, 3.63) is 33.8 Å². The van der Waals surface area contributed by atoms with Crippen LogP contribution in [0.3, 0.4) is 0 Å². The maximum atomic E-state index is 3.60. The molecule has 0 fully saturated rings. The standard InChI is InChI=1S/C15H24BrN/c1-5-11(2)8-13(4)17-10-14-6-7-15(16)12(3)9-14/h6-7,9,11,13,17H,5,8,10H2,1-4H3. The van der Waals surface area contributed by atoms with Crippen molar-refractivity contribution >= 4 is 15.9 Å². The molecular weight excluding hydrogens is 274 g/mol. The fraction of sp³-hybridized carbons (Fsp3) is 0.600. The summed E-state index contributed by atoms with van der Waals surface area (Å²) < 4.78 is 1.19. The zero-order chi connectivity index (χ0) is 12.8. The molecule has 0 saturated carbocycles. The van der Waals surface area contributed by atoms with Crippen LogP contribution in [0.1, 0.15) is 44.7 Å². The van der Waals surface area contributed by atoms with Gasteiger partial charge in [0.1, 0.15) is 0 Å². The van der Waals surface area contributed by atoms with Crippen LogP contribution in [0.15, 0.2) is 22.7 Å². The predicted molar refractivity (Wildman–Crippen MR) is 79.3 cm³/mol. The average molecular weight is 298 g/mol. The molecule has 0 amide bonds. The molecule has 2 atom stereocenters. The first kappa shape index (κ1) is 14.7. The molecule has 1 N–H and O–H groups in total. The molecule has 1 aromatic rings. The minimum Gasteiger partial charge on any atom is -0.310 e. The van der Waals surface area contributed by atoms with E-state index in [-0.39, 0.29) is 0 Å². The Labute approximate surface area is 114 Å². The maximum absolute atomic E-state index is 3.60. The Balaban J connectivity index is 2.42. The molecule has 0 saturated heterocycles.